The van der Waals surface area contributed by atoms with Crippen molar-refractivity contribution < 1.29 is 19.1 Å². The fourth-order valence-corrected chi connectivity index (χ4v) is 3.46. The fourth-order valence-electron chi connectivity index (χ4n) is 3.46. The lowest BCUT2D eigenvalue weighted by atomic mass is 10.1. The van der Waals surface area contributed by atoms with Gasteiger partial charge in [0.15, 0.2) is 17.3 Å². The molecule has 0 radical (unpaired) electrons. The van der Waals surface area contributed by atoms with E-state index in [0.29, 0.717) is 36.8 Å². The molecule has 2 aliphatic rings. The minimum absolute atomic E-state index is 0.211. The van der Waals surface area contributed by atoms with E-state index in [1.165, 1.54) is 0 Å². The number of fused-ring (bicyclic) bond motifs is 2. The van der Waals surface area contributed by atoms with E-state index in [9.17, 15) is 9.59 Å². The fraction of sp³-hybridized carbons (Fsp3) is 0.350. The molecule has 1 aromatic carbocycles. The zero-order chi connectivity index (χ0) is 19.5. The maximum atomic E-state index is 12.8. The third-order valence-corrected chi connectivity index (χ3v) is 4.83. The molecule has 0 unspecified atom stereocenters. The minimum Gasteiger partial charge on any atom is -0.454 e. The van der Waals surface area contributed by atoms with Crippen molar-refractivity contribution in [1.82, 2.24) is 20.2 Å². The van der Waals surface area contributed by atoms with Gasteiger partial charge in [0.25, 0.3) is 11.8 Å². The lowest BCUT2D eigenvalue weighted by Crippen LogP contribution is -2.28. The second-order valence-corrected chi connectivity index (χ2v) is 6.71. The number of amides is 2. The first-order valence-corrected chi connectivity index (χ1v) is 9.32. The summed E-state index contributed by atoms with van der Waals surface area (Å²) in [6.07, 6.45) is 4.27. The van der Waals surface area contributed by atoms with Gasteiger partial charge >= 0.3 is 0 Å². The third kappa shape index (κ3) is 3.45. The molecule has 0 saturated heterocycles. The van der Waals surface area contributed by atoms with Gasteiger partial charge in [0.2, 0.25) is 6.79 Å². The summed E-state index contributed by atoms with van der Waals surface area (Å²) in [6.45, 7) is 5.19. The Morgan fingerprint density at radius 2 is 2.04 bits per heavy atom. The van der Waals surface area contributed by atoms with Gasteiger partial charge in [0.1, 0.15) is 5.69 Å². The molecule has 0 bridgehead atoms. The molecule has 4 rings (SSSR count). The lowest BCUT2D eigenvalue weighted by molar-refractivity contribution is 0.0941. The zero-order valence-electron chi connectivity index (χ0n) is 15.5. The van der Waals surface area contributed by atoms with Crippen LogP contribution in [0.15, 0.2) is 30.9 Å². The molecule has 2 aliphatic heterocycles. The van der Waals surface area contributed by atoms with Gasteiger partial charge in [0.05, 0.1) is 5.69 Å². The van der Waals surface area contributed by atoms with Gasteiger partial charge in [-0.2, -0.15) is 0 Å². The first-order valence-electron chi connectivity index (χ1n) is 9.32. The summed E-state index contributed by atoms with van der Waals surface area (Å²) in [5.74, 6) is 1.08. The second kappa shape index (κ2) is 7.75. The number of benzene rings is 1. The van der Waals surface area contributed by atoms with Crippen LogP contribution < -0.4 is 20.1 Å². The smallest absolute Gasteiger partial charge is 0.287 e. The summed E-state index contributed by atoms with van der Waals surface area (Å²) in [6, 6.07) is 5.55. The van der Waals surface area contributed by atoms with Gasteiger partial charge in [-0.15, -0.1) is 6.58 Å². The first kappa shape index (κ1) is 18.1. The van der Waals surface area contributed by atoms with Crippen LogP contribution in [-0.4, -0.2) is 34.7 Å². The molecule has 0 fully saturated rings. The number of carbonyl (C=O) groups excluding carboxylic acids is 2. The van der Waals surface area contributed by atoms with Gasteiger partial charge < -0.3 is 24.7 Å². The number of hydrogen-bond donors (Lipinski definition) is 2. The molecule has 28 heavy (non-hydrogen) atoms. The van der Waals surface area contributed by atoms with Crippen LogP contribution in [0.1, 0.15) is 45.2 Å². The summed E-state index contributed by atoms with van der Waals surface area (Å²) in [5.41, 5.74) is 2.04. The molecular formula is C20H22N4O4. The zero-order valence-corrected chi connectivity index (χ0v) is 15.5. The van der Waals surface area contributed by atoms with E-state index in [1.807, 2.05) is 22.8 Å². The number of hydrogen-bond acceptors (Lipinski definition) is 5. The summed E-state index contributed by atoms with van der Waals surface area (Å²) in [7, 11) is 0. The molecule has 2 amide bonds. The molecular weight excluding hydrogens is 360 g/mol. The normalized spacial score (nSPS) is 14.3. The van der Waals surface area contributed by atoms with E-state index in [1.54, 1.807) is 6.08 Å². The SMILES string of the molecule is C=CCNC(=O)c1nc(C(=O)NCc2ccc3c(c2)OCO3)c2n1CCCC2. The molecule has 1 aromatic heterocycles. The van der Waals surface area contributed by atoms with Crippen LogP contribution in [0.25, 0.3) is 0 Å². The first-order chi connectivity index (χ1) is 13.7. The predicted molar refractivity (Wildman–Crippen MR) is 101 cm³/mol. The highest BCUT2D eigenvalue weighted by Gasteiger charge is 2.27. The standard InChI is InChI=1S/C20H22N4O4/c1-2-8-21-20(26)18-23-17(14-5-3-4-9-24(14)18)19(25)22-11-13-6-7-15-16(10-13)28-12-27-15/h2,6-7,10H,1,3-5,8-9,11-12H2,(H,21,26)(H,22,25). The highest BCUT2D eigenvalue weighted by molar-refractivity contribution is 5.97. The molecule has 2 N–H and O–H groups in total. The molecule has 8 heteroatoms. The highest BCUT2D eigenvalue weighted by Crippen LogP contribution is 2.32. The maximum Gasteiger partial charge on any atom is 0.287 e. The molecule has 0 atom stereocenters. The summed E-state index contributed by atoms with van der Waals surface area (Å²) < 4.78 is 12.5. The van der Waals surface area contributed by atoms with Crippen molar-refractivity contribution in [2.75, 3.05) is 13.3 Å². The van der Waals surface area contributed by atoms with E-state index in [2.05, 4.69) is 22.2 Å². The largest absolute Gasteiger partial charge is 0.454 e. The van der Waals surface area contributed by atoms with Gasteiger partial charge in [0, 0.05) is 19.6 Å². The van der Waals surface area contributed by atoms with Crippen LogP contribution in [0.3, 0.4) is 0 Å². The summed E-state index contributed by atoms with van der Waals surface area (Å²) >= 11 is 0. The number of ether oxygens (including phenoxy) is 2. The summed E-state index contributed by atoms with van der Waals surface area (Å²) in [4.78, 5) is 29.6. The van der Waals surface area contributed by atoms with Crippen molar-refractivity contribution in [2.24, 2.45) is 0 Å². The topological polar surface area (TPSA) is 94.5 Å². The number of rotatable bonds is 6. The molecule has 0 saturated carbocycles. The lowest BCUT2D eigenvalue weighted by Gasteiger charge is -2.17. The van der Waals surface area contributed by atoms with Crippen LogP contribution in [0, 0.1) is 0 Å². The Labute approximate surface area is 162 Å². The molecule has 2 aromatic rings. The van der Waals surface area contributed by atoms with E-state index >= 15 is 0 Å². The van der Waals surface area contributed by atoms with E-state index in [-0.39, 0.29) is 24.4 Å². The number of nitrogens with zero attached hydrogens (tertiary/aromatic N) is 2. The van der Waals surface area contributed by atoms with E-state index in [0.717, 1.165) is 30.5 Å². The van der Waals surface area contributed by atoms with Crippen molar-refractivity contribution in [3.63, 3.8) is 0 Å². The molecule has 0 aliphatic carbocycles. The molecule has 0 spiro atoms. The average molecular weight is 382 g/mol. The Bertz CT molecular complexity index is 935. The second-order valence-electron chi connectivity index (χ2n) is 6.71. The third-order valence-electron chi connectivity index (χ3n) is 4.83. The molecule has 3 heterocycles. The Hall–Kier alpha value is -3.29. The number of aromatic nitrogens is 2. The van der Waals surface area contributed by atoms with Gasteiger partial charge in [-0.3, -0.25) is 9.59 Å². The highest BCUT2D eigenvalue weighted by atomic mass is 16.7. The van der Waals surface area contributed by atoms with E-state index < -0.39 is 0 Å². The summed E-state index contributed by atoms with van der Waals surface area (Å²) in [5, 5.41) is 5.63. The number of imidazole rings is 1. The van der Waals surface area contributed by atoms with Crippen LogP contribution in [0.2, 0.25) is 0 Å². The Morgan fingerprint density at radius 3 is 2.89 bits per heavy atom. The molecule has 146 valence electrons. The monoisotopic (exact) mass is 382 g/mol. The maximum absolute atomic E-state index is 12.8. The quantitative estimate of drug-likeness (QED) is 0.743. The van der Waals surface area contributed by atoms with Crippen molar-refractivity contribution in [3.05, 3.63) is 53.6 Å². The van der Waals surface area contributed by atoms with Crippen LogP contribution >= 0.6 is 0 Å². The van der Waals surface area contributed by atoms with Crippen LogP contribution in [0.4, 0.5) is 0 Å². The van der Waals surface area contributed by atoms with Crippen molar-refractivity contribution in [3.8, 4) is 11.5 Å². The van der Waals surface area contributed by atoms with Crippen molar-refractivity contribution in [1.29, 1.82) is 0 Å². The Kier molecular flexibility index (Phi) is 5.01. The van der Waals surface area contributed by atoms with Gasteiger partial charge in [-0.05, 0) is 37.0 Å². The van der Waals surface area contributed by atoms with E-state index in [4.69, 9.17) is 9.47 Å². The number of carbonyl (C=O) groups is 2. The molecule has 8 nitrogen and oxygen atoms in total. The van der Waals surface area contributed by atoms with Crippen molar-refractivity contribution >= 4 is 11.8 Å². The average Bonchev–Trinajstić information content (AvgIpc) is 3.34. The van der Waals surface area contributed by atoms with Crippen molar-refractivity contribution in [2.45, 2.75) is 32.4 Å². The Morgan fingerprint density at radius 1 is 1.18 bits per heavy atom. The van der Waals surface area contributed by atoms with Gasteiger partial charge in [-0.1, -0.05) is 12.1 Å². The van der Waals surface area contributed by atoms with Crippen LogP contribution in [-0.2, 0) is 19.5 Å². The minimum atomic E-state index is -0.294. The van der Waals surface area contributed by atoms with Gasteiger partial charge in [-0.25, -0.2) is 4.98 Å². The number of nitrogens with one attached hydrogen (secondary N) is 2. The Balaban J connectivity index is 1.51. The predicted octanol–water partition coefficient (Wildman–Crippen LogP) is 1.79. The van der Waals surface area contributed by atoms with Crippen LogP contribution in [0.5, 0.6) is 11.5 Å².